The lowest BCUT2D eigenvalue weighted by Gasteiger charge is -2.39. The molecule has 0 atom stereocenters. The summed E-state index contributed by atoms with van der Waals surface area (Å²) in [7, 11) is 0. The maximum Gasteiger partial charge on any atom is 0.315 e. The van der Waals surface area contributed by atoms with Gasteiger partial charge in [0.1, 0.15) is 18.8 Å². The first kappa shape index (κ1) is 20.5. The maximum atomic E-state index is 13.2. The van der Waals surface area contributed by atoms with E-state index in [1.807, 2.05) is 36.6 Å². The Morgan fingerprint density at radius 1 is 1.16 bits per heavy atom. The van der Waals surface area contributed by atoms with Gasteiger partial charge in [-0.3, -0.25) is 4.79 Å². The fraction of sp³-hybridized carbons (Fsp3) is 0.409. The minimum absolute atomic E-state index is 0.0908. The largest absolute Gasteiger partial charge is 0.486 e. The molecule has 32 heavy (non-hydrogen) atoms. The number of rotatable bonds is 5. The molecule has 1 aliphatic carbocycles. The zero-order valence-corrected chi connectivity index (χ0v) is 17.7. The van der Waals surface area contributed by atoms with Crippen molar-refractivity contribution in [1.29, 1.82) is 0 Å². The van der Waals surface area contributed by atoms with E-state index in [0.717, 1.165) is 23.5 Å². The number of aryl methyl sites for hydroxylation is 1. The lowest BCUT2D eigenvalue weighted by Crippen LogP contribution is -2.51. The van der Waals surface area contributed by atoms with Crippen molar-refractivity contribution in [2.45, 2.75) is 45.1 Å². The number of benzene rings is 1. The van der Waals surface area contributed by atoms with E-state index in [1.165, 1.54) is 0 Å². The van der Waals surface area contributed by atoms with Crippen molar-refractivity contribution in [3.63, 3.8) is 0 Å². The summed E-state index contributed by atoms with van der Waals surface area (Å²) >= 11 is 0. The van der Waals surface area contributed by atoms with Crippen LogP contribution in [0.4, 0.5) is 8.78 Å². The van der Waals surface area contributed by atoms with E-state index in [9.17, 15) is 13.6 Å². The average Bonchev–Trinajstić information content (AvgIpc) is 3.35. The third-order valence-electron chi connectivity index (χ3n) is 6.08. The molecule has 5 rings (SSSR count). The first-order chi connectivity index (χ1) is 15.4. The monoisotopic (exact) mass is 444 g/mol. The standard InChI is InChI=1S/C22H22F2N4O4/c1-12-10-15(13(2)28(12)14-4-5-16-17(11-14)31-9-8-30-16)19(29)26-22(6-3-7-22)21-25-20(18(23)24)32-27-21/h4-5,10-11,18H,3,6-9H2,1-2H3,(H,26,29). The van der Waals surface area contributed by atoms with Gasteiger partial charge in [0.05, 0.1) is 5.56 Å². The van der Waals surface area contributed by atoms with Crippen LogP contribution in [0.1, 0.15) is 59.1 Å². The molecule has 1 fully saturated rings. The SMILES string of the molecule is Cc1cc(C(=O)NC2(c3noc(C(F)F)n3)CCC2)c(C)n1-c1ccc2c(c1)OCCO2. The third kappa shape index (κ3) is 3.30. The quantitative estimate of drug-likeness (QED) is 0.640. The highest BCUT2D eigenvalue weighted by Gasteiger charge is 2.45. The Bertz CT molecular complexity index is 1180. The number of alkyl halides is 2. The fourth-order valence-corrected chi connectivity index (χ4v) is 4.30. The predicted molar refractivity (Wildman–Crippen MR) is 108 cm³/mol. The van der Waals surface area contributed by atoms with Crippen molar-refractivity contribution in [1.82, 2.24) is 20.0 Å². The summed E-state index contributed by atoms with van der Waals surface area (Å²) in [4.78, 5) is 17.0. The number of hydrogen-bond donors (Lipinski definition) is 1. The van der Waals surface area contributed by atoms with Crippen LogP contribution in [0.3, 0.4) is 0 Å². The molecule has 0 spiro atoms. The summed E-state index contributed by atoms with van der Waals surface area (Å²) in [5.74, 6) is 0.388. The van der Waals surface area contributed by atoms with Gasteiger partial charge in [0.15, 0.2) is 17.3 Å². The van der Waals surface area contributed by atoms with Gasteiger partial charge in [0.2, 0.25) is 0 Å². The Morgan fingerprint density at radius 2 is 1.91 bits per heavy atom. The van der Waals surface area contributed by atoms with Crippen LogP contribution in [0.15, 0.2) is 28.8 Å². The first-order valence-corrected chi connectivity index (χ1v) is 10.4. The molecule has 0 radical (unpaired) electrons. The van der Waals surface area contributed by atoms with E-state index < -0.39 is 17.9 Å². The Morgan fingerprint density at radius 3 is 2.56 bits per heavy atom. The van der Waals surface area contributed by atoms with Crippen LogP contribution in [-0.2, 0) is 5.54 Å². The van der Waals surface area contributed by atoms with Crippen molar-refractivity contribution in [3.05, 3.63) is 52.9 Å². The van der Waals surface area contributed by atoms with Gasteiger partial charge in [-0.25, -0.2) is 0 Å². The van der Waals surface area contributed by atoms with Crippen LogP contribution in [0.25, 0.3) is 5.69 Å². The molecule has 3 heterocycles. The van der Waals surface area contributed by atoms with Gasteiger partial charge in [-0.1, -0.05) is 5.16 Å². The molecule has 1 aromatic carbocycles. The molecule has 0 saturated heterocycles. The molecule has 1 N–H and O–H groups in total. The number of hydrogen-bond acceptors (Lipinski definition) is 6. The van der Waals surface area contributed by atoms with Gasteiger partial charge in [0.25, 0.3) is 11.8 Å². The molecular weight excluding hydrogens is 422 g/mol. The van der Waals surface area contributed by atoms with Gasteiger partial charge in [-0.2, -0.15) is 13.8 Å². The number of carbonyl (C=O) groups excluding carboxylic acids is 1. The molecule has 10 heteroatoms. The highest BCUT2D eigenvalue weighted by atomic mass is 19.3. The van der Waals surface area contributed by atoms with E-state index in [-0.39, 0.29) is 11.7 Å². The molecule has 1 aliphatic heterocycles. The van der Waals surface area contributed by atoms with Crippen molar-refractivity contribution < 1.29 is 27.6 Å². The minimum Gasteiger partial charge on any atom is -0.486 e. The number of fused-ring (bicyclic) bond motifs is 1. The van der Waals surface area contributed by atoms with E-state index in [1.54, 1.807) is 6.07 Å². The predicted octanol–water partition coefficient (Wildman–Crippen LogP) is 4.00. The molecule has 0 unspecified atom stereocenters. The summed E-state index contributed by atoms with van der Waals surface area (Å²) in [5, 5.41) is 6.67. The molecule has 8 nitrogen and oxygen atoms in total. The normalized spacial score (nSPS) is 16.7. The topological polar surface area (TPSA) is 91.4 Å². The molecule has 0 bridgehead atoms. The second-order valence-electron chi connectivity index (χ2n) is 8.09. The van der Waals surface area contributed by atoms with Crippen LogP contribution >= 0.6 is 0 Å². The Kier molecular flexibility index (Phi) is 4.87. The second kappa shape index (κ2) is 7.61. The number of amides is 1. The fourth-order valence-electron chi connectivity index (χ4n) is 4.30. The molecular formula is C22H22F2N4O4. The smallest absolute Gasteiger partial charge is 0.315 e. The first-order valence-electron chi connectivity index (χ1n) is 10.4. The van der Waals surface area contributed by atoms with Gasteiger partial charge >= 0.3 is 6.43 Å². The molecule has 2 aromatic heterocycles. The van der Waals surface area contributed by atoms with Crippen LogP contribution in [0, 0.1) is 13.8 Å². The molecule has 1 amide bonds. The lowest BCUT2D eigenvalue weighted by molar-refractivity contribution is 0.0803. The van der Waals surface area contributed by atoms with Gasteiger partial charge < -0.3 is 23.9 Å². The number of nitrogens with zero attached hydrogens (tertiary/aromatic N) is 3. The summed E-state index contributed by atoms with van der Waals surface area (Å²) in [6.07, 6.45) is -0.910. The Labute approximate surface area is 182 Å². The number of aromatic nitrogens is 3. The molecule has 3 aromatic rings. The summed E-state index contributed by atoms with van der Waals surface area (Å²) in [6, 6.07) is 7.44. The van der Waals surface area contributed by atoms with Crippen molar-refractivity contribution in [2.75, 3.05) is 13.2 Å². The van der Waals surface area contributed by atoms with Crippen LogP contribution in [-0.4, -0.2) is 33.8 Å². The number of carbonyl (C=O) groups is 1. The molecule has 168 valence electrons. The summed E-state index contributed by atoms with van der Waals surface area (Å²) in [6.45, 7) is 4.77. The van der Waals surface area contributed by atoms with Crippen molar-refractivity contribution >= 4 is 5.91 Å². The zero-order valence-electron chi connectivity index (χ0n) is 17.7. The minimum atomic E-state index is -2.85. The Hall–Kier alpha value is -3.43. The third-order valence-corrected chi connectivity index (χ3v) is 6.08. The number of ether oxygens (including phenoxy) is 2. The van der Waals surface area contributed by atoms with Crippen molar-refractivity contribution in [2.24, 2.45) is 0 Å². The van der Waals surface area contributed by atoms with Crippen LogP contribution in [0.2, 0.25) is 0 Å². The van der Waals surface area contributed by atoms with E-state index in [4.69, 9.17) is 9.47 Å². The average molecular weight is 444 g/mol. The highest BCUT2D eigenvalue weighted by Crippen LogP contribution is 2.41. The maximum absolute atomic E-state index is 13.2. The van der Waals surface area contributed by atoms with Crippen LogP contribution in [0.5, 0.6) is 11.5 Å². The zero-order chi connectivity index (χ0) is 22.5. The Balaban J connectivity index is 1.43. The number of nitrogens with one attached hydrogen (secondary N) is 1. The summed E-state index contributed by atoms with van der Waals surface area (Å²) < 4.78 is 43.6. The van der Waals surface area contributed by atoms with Gasteiger partial charge in [-0.15, -0.1) is 0 Å². The summed E-state index contributed by atoms with van der Waals surface area (Å²) in [5.41, 5.74) is 2.05. The van der Waals surface area contributed by atoms with Crippen LogP contribution < -0.4 is 14.8 Å². The molecule has 2 aliphatic rings. The molecule has 1 saturated carbocycles. The number of halogens is 2. The van der Waals surface area contributed by atoms with Crippen molar-refractivity contribution in [3.8, 4) is 17.2 Å². The lowest BCUT2D eigenvalue weighted by atomic mass is 9.76. The second-order valence-corrected chi connectivity index (χ2v) is 8.09. The van der Waals surface area contributed by atoms with E-state index >= 15 is 0 Å². The van der Waals surface area contributed by atoms with Gasteiger partial charge in [0, 0.05) is 23.1 Å². The van der Waals surface area contributed by atoms with E-state index in [0.29, 0.717) is 43.1 Å². The highest BCUT2D eigenvalue weighted by molar-refractivity contribution is 5.96. The van der Waals surface area contributed by atoms with E-state index in [2.05, 4.69) is 20.0 Å². The van der Waals surface area contributed by atoms with Gasteiger partial charge in [-0.05, 0) is 51.3 Å².